The van der Waals surface area contributed by atoms with Crippen molar-refractivity contribution in [3.8, 4) is 11.5 Å². The maximum Gasteiger partial charge on any atom is 0.421 e. The molecule has 2 aromatic rings. The molecule has 0 spiro atoms. The zero-order valence-corrected chi connectivity index (χ0v) is 15.7. The highest BCUT2D eigenvalue weighted by Crippen LogP contribution is 2.37. The van der Waals surface area contributed by atoms with E-state index in [2.05, 4.69) is 15.6 Å². The van der Waals surface area contributed by atoms with Crippen LogP contribution in [0.4, 0.5) is 18.9 Å². The van der Waals surface area contributed by atoms with Gasteiger partial charge in [-0.05, 0) is 55.3 Å². The zero-order valence-electron chi connectivity index (χ0n) is 15.7. The van der Waals surface area contributed by atoms with Crippen LogP contribution < -0.4 is 25.8 Å². The SMILES string of the molecule is Cc1ccc(NC2=C(C(F)(F)F)C=NC(N)(c3ccc4c(c3)OCO4)N2)cc1C. The second-order valence-corrected chi connectivity index (χ2v) is 6.93. The Hall–Kier alpha value is -3.20. The topological polar surface area (TPSA) is 80.9 Å². The lowest BCUT2D eigenvalue weighted by Crippen LogP contribution is -2.52. The maximum atomic E-state index is 13.6. The van der Waals surface area contributed by atoms with Gasteiger partial charge in [-0.25, -0.2) is 4.99 Å². The Bertz CT molecular complexity index is 1030. The number of aryl methyl sites for hydroxylation is 2. The fraction of sp³-hybridized carbons (Fsp3) is 0.250. The Morgan fingerprint density at radius 2 is 1.83 bits per heavy atom. The molecule has 0 saturated heterocycles. The molecular formula is C20H19F3N4O2. The molecule has 0 saturated carbocycles. The van der Waals surface area contributed by atoms with Crippen molar-refractivity contribution in [3.05, 3.63) is 64.5 Å². The molecule has 0 fully saturated rings. The quantitative estimate of drug-likeness (QED) is 0.728. The van der Waals surface area contributed by atoms with Gasteiger partial charge in [0.05, 0.1) is 0 Å². The van der Waals surface area contributed by atoms with Gasteiger partial charge in [0.15, 0.2) is 11.5 Å². The number of allylic oxidation sites excluding steroid dienone is 1. The summed E-state index contributed by atoms with van der Waals surface area (Å²) >= 11 is 0. The van der Waals surface area contributed by atoms with E-state index in [0.29, 0.717) is 22.7 Å². The number of hydrogen-bond acceptors (Lipinski definition) is 6. The van der Waals surface area contributed by atoms with Gasteiger partial charge in [0, 0.05) is 17.5 Å². The number of nitrogens with two attached hydrogens (primary N) is 1. The second-order valence-electron chi connectivity index (χ2n) is 6.93. The third-order valence-electron chi connectivity index (χ3n) is 4.88. The normalized spacial score (nSPS) is 20.6. The Kier molecular flexibility index (Phi) is 4.42. The summed E-state index contributed by atoms with van der Waals surface area (Å²) in [5.41, 5.74) is 8.30. The molecule has 0 radical (unpaired) electrons. The molecule has 0 amide bonds. The number of benzene rings is 2. The minimum atomic E-state index is -4.62. The average Bonchev–Trinajstić information content (AvgIpc) is 3.12. The van der Waals surface area contributed by atoms with Crippen molar-refractivity contribution in [1.82, 2.24) is 5.32 Å². The first-order valence-corrected chi connectivity index (χ1v) is 8.84. The lowest BCUT2D eigenvalue weighted by Gasteiger charge is -2.34. The highest BCUT2D eigenvalue weighted by Gasteiger charge is 2.41. The molecule has 6 nitrogen and oxygen atoms in total. The van der Waals surface area contributed by atoms with Crippen LogP contribution >= 0.6 is 0 Å². The van der Waals surface area contributed by atoms with Crippen molar-refractivity contribution in [2.75, 3.05) is 12.1 Å². The summed E-state index contributed by atoms with van der Waals surface area (Å²) in [5, 5.41) is 5.51. The van der Waals surface area contributed by atoms with Crippen molar-refractivity contribution in [2.45, 2.75) is 25.8 Å². The van der Waals surface area contributed by atoms with Gasteiger partial charge in [-0.3, -0.25) is 5.73 Å². The predicted molar refractivity (Wildman–Crippen MR) is 103 cm³/mol. The van der Waals surface area contributed by atoms with E-state index in [-0.39, 0.29) is 12.6 Å². The lowest BCUT2D eigenvalue weighted by atomic mass is 10.1. The van der Waals surface area contributed by atoms with Crippen LogP contribution in [0.25, 0.3) is 0 Å². The van der Waals surface area contributed by atoms with Crippen molar-refractivity contribution in [3.63, 3.8) is 0 Å². The van der Waals surface area contributed by atoms with Crippen LogP contribution in [-0.4, -0.2) is 19.2 Å². The smallest absolute Gasteiger partial charge is 0.421 e. The number of fused-ring (bicyclic) bond motifs is 1. The van der Waals surface area contributed by atoms with E-state index in [1.54, 1.807) is 30.3 Å². The van der Waals surface area contributed by atoms with E-state index in [1.165, 1.54) is 0 Å². The molecule has 0 aliphatic carbocycles. The van der Waals surface area contributed by atoms with Crippen molar-refractivity contribution in [1.29, 1.82) is 0 Å². The Labute approximate surface area is 165 Å². The number of nitrogens with zero attached hydrogens (tertiary/aromatic N) is 1. The van der Waals surface area contributed by atoms with Gasteiger partial charge in [-0.15, -0.1) is 0 Å². The van der Waals surface area contributed by atoms with E-state index in [1.807, 2.05) is 19.9 Å². The summed E-state index contributed by atoms with van der Waals surface area (Å²) in [4.78, 5) is 3.96. The molecule has 2 aliphatic rings. The fourth-order valence-corrected chi connectivity index (χ4v) is 3.08. The van der Waals surface area contributed by atoms with Crippen LogP contribution in [0.15, 0.2) is 52.8 Å². The highest BCUT2D eigenvalue weighted by atomic mass is 19.4. The van der Waals surface area contributed by atoms with E-state index >= 15 is 0 Å². The monoisotopic (exact) mass is 404 g/mol. The highest BCUT2D eigenvalue weighted by molar-refractivity contribution is 5.84. The average molecular weight is 404 g/mol. The number of nitrogens with one attached hydrogen (secondary N) is 2. The number of ether oxygens (including phenoxy) is 2. The van der Waals surface area contributed by atoms with Crippen molar-refractivity contribution >= 4 is 11.9 Å². The molecule has 4 N–H and O–H groups in total. The van der Waals surface area contributed by atoms with Crippen LogP contribution in [-0.2, 0) is 5.79 Å². The number of aliphatic imine (C=N–C) groups is 1. The predicted octanol–water partition coefficient (Wildman–Crippen LogP) is 3.66. The molecule has 4 rings (SSSR count). The number of rotatable bonds is 3. The third-order valence-corrected chi connectivity index (χ3v) is 4.88. The summed E-state index contributed by atoms with van der Waals surface area (Å²) in [6, 6.07) is 10.2. The Balaban J connectivity index is 1.70. The largest absolute Gasteiger partial charge is 0.454 e. The number of halogens is 3. The first-order chi connectivity index (χ1) is 13.7. The summed E-state index contributed by atoms with van der Waals surface area (Å²) in [5.74, 6) is -0.899. The van der Waals surface area contributed by atoms with E-state index in [4.69, 9.17) is 15.2 Å². The number of anilines is 1. The first-order valence-electron chi connectivity index (χ1n) is 8.84. The molecular weight excluding hydrogens is 385 g/mol. The molecule has 0 bridgehead atoms. The maximum absolute atomic E-state index is 13.6. The van der Waals surface area contributed by atoms with Gasteiger partial charge in [0.1, 0.15) is 11.4 Å². The van der Waals surface area contributed by atoms with Crippen LogP contribution in [0.2, 0.25) is 0 Å². The van der Waals surface area contributed by atoms with Crippen molar-refractivity contribution < 1.29 is 22.6 Å². The summed E-state index contributed by atoms with van der Waals surface area (Å²) in [6.45, 7) is 3.88. The minimum Gasteiger partial charge on any atom is -0.454 e. The summed E-state index contributed by atoms with van der Waals surface area (Å²) in [6.07, 6.45) is -3.88. The van der Waals surface area contributed by atoms with Crippen LogP contribution in [0.1, 0.15) is 16.7 Å². The number of hydrogen-bond donors (Lipinski definition) is 3. The molecule has 0 aromatic heterocycles. The van der Waals surface area contributed by atoms with E-state index in [0.717, 1.165) is 17.3 Å². The van der Waals surface area contributed by atoms with Gasteiger partial charge < -0.3 is 20.1 Å². The molecule has 2 aliphatic heterocycles. The zero-order chi connectivity index (χ0) is 20.8. The molecule has 2 aromatic carbocycles. The van der Waals surface area contributed by atoms with Crippen LogP contribution in [0.5, 0.6) is 11.5 Å². The standard InChI is InChI=1S/C20H19F3N4O2/c1-11-3-5-14(7-12(11)2)26-18-15(19(21,22)23)9-25-20(24,27-18)13-4-6-16-17(8-13)29-10-28-16/h3-9,26-27H,10,24H2,1-2H3. The minimum absolute atomic E-state index is 0.0742. The molecule has 152 valence electrons. The van der Waals surface area contributed by atoms with Gasteiger partial charge in [-0.1, -0.05) is 6.07 Å². The van der Waals surface area contributed by atoms with Gasteiger partial charge in [0.2, 0.25) is 12.6 Å². The van der Waals surface area contributed by atoms with Gasteiger partial charge >= 0.3 is 6.18 Å². The second kappa shape index (κ2) is 6.70. The van der Waals surface area contributed by atoms with Gasteiger partial charge in [-0.2, -0.15) is 13.2 Å². The third kappa shape index (κ3) is 3.61. The molecule has 1 atom stereocenters. The first kappa shape index (κ1) is 19.1. The number of alkyl halides is 3. The summed E-state index contributed by atoms with van der Waals surface area (Å²) in [7, 11) is 0. The lowest BCUT2D eigenvalue weighted by molar-refractivity contribution is -0.0871. The Morgan fingerprint density at radius 1 is 1.07 bits per heavy atom. The molecule has 1 unspecified atom stereocenters. The van der Waals surface area contributed by atoms with E-state index < -0.39 is 17.5 Å². The van der Waals surface area contributed by atoms with Crippen molar-refractivity contribution in [2.24, 2.45) is 10.7 Å². The van der Waals surface area contributed by atoms with E-state index in [9.17, 15) is 13.2 Å². The molecule has 9 heteroatoms. The van der Waals surface area contributed by atoms with Gasteiger partial charge in [0.25, 0.3) is 0 Å². The fourth-order valence-electron chi connectivity index (χ4n) is 3.08. The van der Waals surface area contributed by atoms with Crippen LogP contribution in [0.3, 0.4) is 0 Å². The Morgan fingerprint density at radius 3 is 2.55 bits per heavy atom. The summed E-state index contributed by atoms with van der Waals surface area (Å²) < 4.78 is 51.3. The molecule has 2 heterocycles. The van der Waals surface area contributed by atoms with Crippen LogP contribution in [0, 0.1) is 13.8 Å². The molecule has 29 heavy (non-hydrogen) atoms.